The lowest BCUT2D eigenvalue weighted by atomic mass is 10.2. The number of alkyl halides is 3. The fourth-order valence-electron chi connectivity index (χ4n) is 1.46. The largest absolute Gasteiger partial charge is 0.573 e. The maximum absolute atomic E-state index is 12.0. The molecule has 0 aliphatic heterocycles. The molecule has 4 nitrogen and oxygen atoms in total. The van der Waals surface area contributed by atoms with Gasteiger partial charge in [-0.3, -0.25) is 0 Å². The minimum absolute atomic E-state index is 0.00222. The Kier molecular flexibility index (Phi) is 5.82. The number of halogens is 3. The van der Waals surface area contributed by atoms with E-state index < -0.39 is 16.2 Å². The van der Waals surface area contributed by atoms with Crippen molar-refractivity contribution < 1.29 is 26.3 Å². The maximum atomic E-state index is 12.0. The van der Waals surface area contributed by atoms with Crippen LogP contribution in [-0.2, 0) is 16.4 Å². The van der Waals surface area contributed by atoms with Crippen LogP contribution in [0.4, 0.5) is 13.2 Å². The van der Waals surface area contributed by atoms with Crippen LogP contribution in [0, 0.1) is 0 Å². The van der Waals surface area contributed by atoms with Gasteiger partial charge in [-0.15, -0.1) is 13.2 Å². The molecule has 0 unspecified atom stereocenters. The Morgan fingerprint density at radius 3 is 2.60 bits per heavy atom. The van der Waals surface area contributed by atoms with Crippen LogP contribution in [0.3, 0.4) is 0 Å². The molecule has 1 rings (SSSR count). The van der Waals surface area contributed by atoms with Crippen molar-refractivity contribution in [1.82, 2.24) is 5.32 Å². The lowest BCUT2D eigenvalue weighted by Crippen LogP contribution is -2.23. The Balaban J connectivity index is 2.47. The minimum atomic E-state index is -4.72. The van der Waals surface area contributed by atoms with Gasteiger partial charge in [0.2, 0.25) is 0 Å². The predicted molar refractivity (Wildman–Crippen MR) is 69.2 cm³/mol. The van der Waals surface area contributed by atoms with E-state index in [1.165, 1.54) is 18.2 Å². The van der Waals surface area contributed by atoms with Gasteiger partial charge in [-0.25, -0.2) is 8.42 Å². The fraction of sp³-hybridized carbons (Fsp3) is 0.500. The van der Waals surface area contributed by atoms with Gasteiger partial charge in [0.25, 0.3) is 0 Å². The first kappa shape index (κ1) is 16.8. The Morgan fingerprint density at radius 2 is 2.00 bits per heavy atom. The van der Waals surface area contributed by atoms with E-state index in [2.05, 4.69) is 10.1 Å². The van der Waals surface area contributed by atoms with E-state index in [9.17, 15) is 21.6 Å². The monoisotopic (exact) mass is 311 g/mol. The minimum Gasteiger partial charge on any atom is -0.406 e. The summed E-state index contributed by atoms with van der Waals surface area (Å²) in [5.74, 6) is -0.218. The topological polar surface area (TPSA) is 55.4 Å². The zero-order chi connectivity index (χ0) is 15.2. The van der Waals surface area contributed by atoms with Crippen molar-refractivity contribution >= 4 is 9.84 Å². The van der Waals surface area contributed by atoms with Gasteiger partial charge in [-0.2, -0.15) is 0 Å². The molecule has 0 spiro atoms. The van der Waals surface area contributed by atoms with Crippen LogP contribution in [0.25, 0.3) is 0 Å². The molecule has 0 saturated carbocycles. The van der Waals surface area contributed by atoms with Gasteiger partial charge in [-0.05, 0) is 17.7 Å². The fourth-order valence-corrected chi connectivity index (χ4v) is 2.20. The van der Waals surface area contributed by atoms with E-state index in [0.29, 0.717) is 5.56 Å². The molecule has 0 saturated heterocycles. The number of hydrogen-bond donors (Lipinski definition) is 1. The van der Waals surface area contributed by atoms with Gasteiger partial charge in [0.1, 0.15) is 5.75 Å². The van der Waals surface area contributed by atoms with E-state index in [1.807, 2.05) is 0 Å². The van der Waals surface area contributed by atoms with Gasteiger partial charge in [0, 0.05) is 18.8 Å². The van der Waals surface area contributed by atoms with Gasteiger partial charge >= 0.3 is 6.36 Å². The second-order valence-electron chi connectivity index (χ2n) is 4.11. The number of rotatable bonds is 7. The summed E-state index contributed by atoms with van der Waals surface area (Å²) in [7, 11) is -3.04. The van der Waals surface area contributed by atoms with Gasteiger partial charge in [0.15, 0.2) is 9.84 Å². The third-order valence-electron chi connectivity index (χ3n) is 2.49. The summed E-state index contributed by atoms with van der Waals surface area (Å²) in [5, 5.41) is 2.87. The highest BCUT2D eigenvalue weighted by molar-refractivity contribution is 7.91. The first-order valence-corrected chi connectivity index (χ1v) is 7.80. The second kappa shape index (κ2) is 6.94. The van der Waals surface area contributed by atoms with Crippen molar-refractivity contribution in [2.45, 2.75) is 19.8 Å². The van der Waals surface area contributed by atoms with Gasteiger partial charge in [-0.1, -0.05) is 19.1 Å². The normalized spacial score (nSPS) is 12.4. The summed E-state index contributed by atoms with van der Waals surface area (Å²) < 4.78 is 62.4. The van der Waals surface area contributed by atoms with Crippen LogP contribution in [0.2, 0.25) is 0 Å². The number of sulfone groups is 1. The zero-order valence-corrected chi connectivity index (χ0v) is 11.7. The molecular weight excluding hydrogens is 295 g/mol. The van der Waals surface area contributed by atoms with Crippen LogP contribution < -0.4 is 10.1 Å². The molecular formula is C12H16F3NO3S. The van der Waals surface area contributed by atoms with Crippen molar-refractivity contribution in [3.05, 3.63) is 29.8 Å². The van der Waals surface area contributed by atoms with Crippen molar-refractivity contribution in [2.24, 2.45) is 0 Å². The van der Waals surface area contributed by atoms with Crippen molar-refractivity contribution in [3.63, 3.8) is 0 Å². The number of ether oxygens (including phenoxy) is 1. The number of nitrogens with one attached hydrogen (secondary N) is 1. The molecule has 0 atom stereocenters. The zero-order valence-electron chi connectivity index (χ0n) is 10.9. The molecule has 0 aliphatic rings. The SMILES string of the molecule is CCS(=O)(=O)CCNCc1cccc(OC(F)(F)F)c1. The molecule has 1 N–H and O–H groups in total. The molecule has 20 heavy (non-hydrogen) atoms. The van der Waals surface area contributed by atoms with E-state index in [-0.39, 0.29) is 30.3 Å². The highest BCUT2D eigenvalue weighted by Crippen LogP contribution is 2.23. The first-order chi connectivity index (χ1) is 9.22. The van der Waals surface area contributed by atoms with E-state index in [4.69, 9.17) is 0 Å². The van der Waals surface area contributed by atoms with E-state index >= 15 is 0 Å². The summed E-state index contributed by atoms with van der Waals surface area (Å²) >= 11 is 0. The molecule has 0 fully saturated rings. The maximum Gasteiger partial charge on any atom is 0.573 e. The lowest BCUT2D eigenvalue weighted by molar-refractivity contribution is -0.274. The molecule has 0 bridgehead atoms. The highest BCUT2D eigenvalue weighted by Gasteiger charge is 2.31. The molecule has 0 aliphatic carbocycles. The summed E-state index contributed by atoms with van der Waals surface area (Å²) in [6.07, 6.45) is -4.72. The van der Waals surface area contributed by atoms with E-state index in [0.717, 1.165) is 0 Å². The molecule has 8 heteroatoms. The highest BCUT2D eigenvalue weighted by atomic mass is 32.2. The Morgan fingerprint density at radius 1 is 1.30 bits per heavy atom. The second-order valence-corrected chi connectivity index (χ2v) is 6.58. The molecule has 114 valence electrons. The standard InChI is InChI=1S/C12H16F3NO3S/c1-2-20(17,18)7-6-16-9-10-4-3-5-11(8-10)19-12(13,14)15/h3-5,8,16H,2,6-7,9H2,1H3. The average Bonchev–Trinajstić information content (AvgIpc) is 2.33. The quantitative estimate of drug-likeness (QED) is 0.784. The van der Waals surface area contributed by atoms with E-state index in [1.54, 1.807) is 13.0 Å². The summed E-state index contributed by atoms with van der Waals surface area (Å²) in [6.45, 7) is 2.09. The number of benzene rings is 1. The van der Waals surface area contributed by atoms with Crippen LogP contribution in [-0.4, -0.2) is 32.8 Å². The third kappa shape index (κ3) is 6.76. The summed E-state index contributed by atoms with van der Waals surface area (Å²) in [5.41, 5.74) is 0.584. The molecule has 1 aromatic carbocycles. The predicted octanol–water partition coefficient (Wildman–Crippen LogP) is 2.11. The molecule has 0 heterocycles. The van der Waals surface area contributed by atoms with Crippen molar-refractivity contribution in [3.8, 4) is 5.75 Å². The molecule has 0 aromatic heterocycles. The Hall–Kier alpha value is -1.28. The first-order valence-electron chi connectivity index (χ1n) is 5.98. The smallest absolute Gasteiger partial charge is 0.406 e. The molecule has 0 radical (unpaired) electrons. The van der Waals surface area contributed by atoms with Crippen LogP contribution in [0.5, 0.6) is 5.75 Å². The van der Waals surface area contributed by atoms with Crippen LogP contribution in [0.1, 0.15) is 12.5 Å². The lowest BCUT2D eigenvalue weighted by Gasteiger charge is -2.10. The molecule has 0 amide bonds. The third-order valence-corrected chi connectivity index (χ3v) is 4.20. The summed E-state index contributed by atoms with van der Waals surface area (Å²) in [4.78, 5) is 0. The van der Waals surface area contributed by atoms with Gasteiger partial charge < -0.3 is 10.1 Å². The Bertz CT molecular complexity index is 529. The van der Waals surface area contributed by atoms with Crippen molar-refractivity contribution in [1.29, 1.82) is 0 Å². The van der Waals surface area contributed by atoms with Crippen molar-refractivity contribution in [2.75, 3.05) is 18.1 Å². The van der Waals surface area contributed by atoms with Crippen LogP contribution in [0.15, 0.2) is 24.3 Å². The average molecular weight is 311 g/mol. The number of hydrogen-bond acceptors (Lipinski definition) is 4. The van der Waals surface area contributed by atoms with Crippen LogP contribution >= 0.6 is 0 Å². The van der Waals surface area contributed by atoms with Gasteiger partial charge in [0.05, 0.1) is 5.75 Å². The summed E-state index contributed by atoms with van der Waals surface area (Å²) in [6, 6.07) is 5.54. The molecule has 1 aromatic rings. The Labute approximate surface area is 115 Å².